The summed E-state index contributed by atoms with van der Waals surface area (Å²) in [7, 11) is 0. The molecule has 1 fully saturated rings. The van der Waals surface area contributed by atoms with E-state index in [0.29, 0.717) is 0 Å². The zero-order valence-electron chi connectivity index (χ0n) is 8.44. The zero-order valence-corrected chi connectivity index (χ0v) is 8.44. The van der Waals surface area contributed by atoms with Gasteiger partial charge >= 0.3 is 0 Å². The minimum absolute atomic E-state index is 0.738. The molecular weight excluding hydrogens is 174 g/mol. The smallest absolute Gasteiger partial charge is 0.150 e. The van der Waals surface area contributed by atoms with Gasteiger partial charge in [0.05, 0.1) is 0 Å². The predicted molar refractivity (Wildman–Crippen MR) is 57.9 cm³/mol. The monoisotopic (exact) mass is 189 g/mol. The molecule has 1 aliphatic carbocycles. The molecule has 2 nitrogen and oxygen atoms in total. The van der Waals surface area contributed by atoms with E-state index in [1.807, 2.05) is 24.3 Å². The van der Waals surface area contributed by atoms with Crippen LogP contribution in [0, 0.1) is 0 Å². The molecule has 2 heteroatoms. The first-order valence-corrected chi connectivity index (χ1v) is 5.17. The van der Waals surface area contributed by atoms with E-state index < -0.39 is 0 Å². The molecule has 0 bridgehead atoms. The van der Waals surface area contributed by atoms with Gasteiger partial charge in [-0.05, 0) is 44.0 Å². The lowest BCUT2D eigenvalue weighted by atomic mass is 10.2. The van der Waals surface area contributed by atoms with Crippen molar-refractivity contribution in [2.24, 2.45) is 0 Å². The Kier molecular flexibility index (Phi) is 2.53. The van der Waals surface area contributed by atoms with Crippen LogP contribution >= 0.6 is 0 Å². The normalized spacial score (nSPS) is 15.2. The van der Waals surface area contributed by atoms with E-state index in [1.165, 1.54) is 18.5 Å². The number of hydrogen-bond acceptors (Lipinski definition) is 2. The second kappa shape index (κ2) is 3.82. The number of aldehydes is 1. The molecule has 1 aromatic rings. The Balaban J connectivity index is 2.17. The lowest BCUT2D eigenvalue weighted by molar-refractivity contribution is 0.112. The fraction of sp³-hybridized carbons (Fsp3) is 0.417. The van der Waals surface area contributed by atoms with Gasteiger partial charge in [-0.3, -0.25) is 4.79 Å². The molecule has 2 rings (SSSR count). The van der Waals surface area contributed by atoms with Gasteiger partial charge in [-0.25, -0.2) is 0 Å². The third-order valence-corrected chi connectivity index (χ3v) is 2.69. The molecule has 0 aromatic heterocycles. The Hall–Kier alpha value is -1.31. The molecule has 0 aliphatic heterocycles. The summed E-state index contributed by atoms with van der Waals surface area (Å²) >= 11 is 0. The molecule has 0 N–H and O–H groups in total. The van der Waals surface area contributed by atoms with Crippen LogP contribution in [-0.2, 0) is 0 Å². The van der Waals surface area contributed by atoms with Gasteiger partial charge in [-0.1, -0.05) is 0 Å². The SMILES string of the molecule is CCN(c1ccc(C=O)cc1)C1CC1. The second-order valence-corrected chi connectivity index (χ2v) is 3.73. The average Bonchev–Trinajstić information content (AvgIpc) is 3.04. The maximum absolute atomic E-state index is 10.5. The highest BCUT2D eigenvalue weighted by Crippen LogP contribution is 2.31. The molecule has 0 atom stereocenters. The summed E-state index contributed by atoms with van der Waals surface area (Å²) in [4.78, 5) is 12.9. The van der Waals surface area contributed by atoms with Crippen LogP contribution in [0.3, 0.4) is 0 Å². The van der Waals surface area contributed by atoms with Crippen LogP contribution in [0.15, 0.2) is 24.3 Å². The largest absolute Gasteiger partial charge is 0.369 e. The highest BCUT2D eigenvalue weighted by molar-refractivity contribution is 5.75. The standard InChI is InChI=1S/C12H15NO/c1-2-13(12-7-8-12)11-5-3-10(9-14)4-6-11/h3-6,9,12H,2,7-8H2,1H3. The fourth-order valence-electron chi connectivity index (χ4n) is 1.78. The van der Waals surface area contributed by atoms with E-state index in [2.05, 4.69) is 11.8 Å². The molecule has 1 aromatic carbocycles. The van der Waals surface area contributed by atoms with Crippen molar-refractivity contribution in [3.8, 4) is 0 Å². The summed E-state index contributed by atoms with van der Waals surface area (Å²) in [5.41, 5.74) is 1.99. The van der Waals surface area contributed by atoms with Crippen molar-refractivity contribution in [3.05, 3.63) is 29.8 Å². The van der Waals surface area contributed by atoms with Gasteiger partial charge in [0.15, 0.2) is 0 Å². The van der Waals surface area contributed by atoms with Gasteiger partial charge in [0.2, 0.25) is 0 Å². The van der Waals surface area contributed by atoms with Crippen molar-refractivity contribution in [3.63, 3.8) is 0 Å². The highest BCUT2D eigenvalue weighted by atomic mass is 16.1. The van der Waals surface area contributed by atoms with Crippen LogP contribution in [0.4, 0.5) is 5.69 Å². The third kappa shape index (κ3) is 1.79. The fourth-order valence-corrected chi connectivity index (χ4v) is 1.78. The number of nitrogens with zero attached hydrogens (tertiary/aromatic N) is 1. The summed E-state index contributed by atoms with van der Waals surface area (Å²) in [5, 5.41) is 0. The molecule has 0 heterocycles. The molecule has 0 saturated heterocycles. The van der Waals surface area contributed by atoms with Gasteiger partial charge < -0.3 is 4.90 Å². The molecule has 0 radical (unpaired) electrons. The van der Waals surface area contributed by atoms with Gasteiger partial charge in [0.25, 0.3) is 0 Å². The summed E-state index contributed by atoms with van der Waals surface area (Å²) < 4.78 is 0. The lowest BCUT2D eigenvalue weighted by Crippen LogP contribution is -2.24. The minimum atomic E-state index is 0.738. The maximum atomic E-state index is 10.5. The summed E-state index contributed by atoms with van der Waals surface area (Å²) in [6, 6.07) is 8.57. The van der Waals surface area contributed by atoms with Crippen molar-refractivity contribution in [2.75, 3.05) is 11.4 Å². The zero-order chi connectivity index (χ0) is 9.97. The molecule has 14 heavy (non-hydrogen) atoms. The third-order valence-electron chi connectivity index (χ3n) is 2.69. The molecule has 1 aliphatic rings. The highest BCUT2D eigenvalue weighted by Gasteiger charge is 2.27. The van der Waals surface area contributed by atoms with Gasteiger partial charge in [0, 0.05) is 23.8 Å². The Bertz CT molecular complexity index is 314. The van der Waals surface area contributed by atoms with Gasteiger partial charge in [0.1, 0.15) is 6.29 Å². The lowest BCUT2D eigenvalue weighted by Gasteiger charge is -2.22. The van der Waals surface area contributed by atoms with E-state index in [1.54, 1.807) is 0 Å². The Labute approximate surface area is 84.5 Å². The molecular formula is C12H15NO. The molecule has 0 spiro atoms. The number of benzene rings is 1. The first-order valence-electron chi connectivity index (χ1n) is 5.17. The first-order chi connectivity index (χ1) is 6.85. The van der Waals surface area contributed by atoms with E-state index in [0.717, 1.165) is 24.4 Å². The molecule has 1 saturated carbocycles. The van der Waals surface area contributed by atoms with E-state index in [-0.39, 0.29) is 0 Å². The van der Waals surface area contributed by atoms with Crippen LogP contribution in [0.2, 0.25) is 0 Å². The van der Waals surface area contributed by atoms with Crippen molar-refractivity contribution >= 4 is 12.0 Å². The van der Waals surface area contributed by atoms with Crippen molar-refractivity contribution < 1.29 is 4.79 Å². The van der Waals surface area contributed by atoms with Crippen LogP contribution in [0.25, 0.3) is 0 Å². The number of anilines is 1. The van der Waals surface area contributed by atoms with Crippen LogP contribution in [0.1, 0.15) is 30.1 Å². The van der Waals surface area contributed by atoms with Crippen molar-refractivity contribution in [1.29, 1.82) is 0 Å². The van der Waals surface area contributed by atoms with Crippen LogP contribution in [-0.4, -0.2) is 18.9 Å². The van der Waals surface area contributed by atoms with E-state index in [9.17, 15) is 4.79 Å². The van der Waals surface area contributed by atoms with Crippen LogP contribution < -0.4 is 4.90 Å². The minimum Gasteiger partial charge on any atom is -0.369 e. The van der Waals surface area contributed by atoms with Gasteiger partial charge in [-0.15, -0.1) is 0 Å². The summed E-state index contributed by atoms with van der Waals surface area (Å²) in [5.74, 6) is 0. The Morgan fingerprint density at radius 1 is 1.36 bits per heavy atom. The van der Waals surface area contributed by atoms with Crippen molar-refractivity contribution in [2.45, 2.75) is 25.8 Å². The summed E-state index contributed by atoms with van der Waals surface area (Å²) in [6.45, 7) is 3.22. The first kappa shape index (κ1) is 9.25. The molecule has 0 amide bonds. The van der Waals surface area contributed by atoms with Crippen LogP contribution in [0.5, 0.6) is 0 Å². The van der Waals surface area contributed by atoms with E-state index >= 15 is 0 Å². The number of hydrogen-bond donors (Lipinski definition) is 0. The maximum Gasteiger partial charge on any atom is 0.150 e. The average molecular weight is 189 g/mol. The quantitative estimate of drug-likeness (QED) is 0.678. The molecule has 74 valence electrons. The second-order valence-electron chi connectivity index (χ2n) is 3.73. The van der Waals surface area contributed by atoms with Gasteiger partial charge in [-0.2, -0.15) is 0 Å². The topological polar surface area (TPSA) is 20.3 Å². The molecule has 0 unspecified atom stereocenters. The Morgan fingerprint density at radius 3 is 2.43 bits per heavy atom. The van der Waals surface area contributed by atoms with E-state index in [4.69, 9.17) is 0 Å². The number of carbonyl (C=O) groups is 1. The number of carbonyl (C=O) groups excluding carboxylic acids is 1. The Morgan fingerprint density at radius 2 is 2.00 bits per heavy atom. The van der Waals surface area contributed by atoms with Crippen molar-refractivity contribution in [1.82, 2.24) is 0 Å². The number of rotatable bonds is 4. The summed E-state index contributed by atoms with van der Waals surface area (Å²) in [6.07, 6.45) is 3.50. The predicted octanol–water partition coefficient (Wildman–Crippen LogP) is 2.49.